The predicted octanol–water partition coefficient (Wildman–Crippen LogP) is 4.82. The Bertz CT molecular complexity index is 1090. The Hall–Kier alpha value is -1.99. The zero-order valence-corrected chi connectivity index (χ0v) is 21.3. The van der Waals surface area contributed by atoms with Crippen LogP contribution in [-0.2, 0) is 6.54 Å². The number of carbonyl (C=O) groups is 1. The van der Waals surface area contributed by atoms with Crippen molar-refractivity contribution in [2.75, 3.05) is 13.1 Å². The topological polar surface area (TPSA) is 52.6 Å². The van der Waals surface area contributed by atoms with Crippen LogP contribution < -0.4 is 10.5 Å². The molecule has 1 aliphatic rings. The Balaban J connectivity index is 1.44. The van der Waals surface area contributed by atoms with E-state index in [2.05, 4.69) is 43.4 Å². The molecule has 1 amide bonds. The van der Waals surface area contributed by atoms with Crippen molar-refractivity contribution >= 4 is 40.8 Å². The Kier molecular flexibility index (Phi) is 6.86. The van der Waals surface area contributed by atoms with Crippen molar-refractivity contribution < 1.29 is 9.59 Å². The van der Waals surface area contributed by atoms with Crippen molar-refractivity contribution in [3.63, 3.8) is 0 Å². The number of likely N-dealkylation sites (tertiary alicyclic amines) is 1. The van der Waals surface area contributed by atoms with Gasteiger partial charge in [0.25, 0.3) is 5.91 Å². The van der Waals surface area contributed by atoms with Crippen LogP contribution in [0.15, 0.2) is 48.5 Å². The first-order chi connectivity index (χ1) is 15.2. The minimum atomic E-state index is -2.45. The van der Waals surface area contributed by atoms with Crippen molar-refractivity contribution in [3.05, 3.63) is 64.5 Å². The van der Waals surface area contributed by atoms with E-state index < -0.39 is 8.32 Å². The average molecular weight is 467 g/mol. The van der Waals surface area contributed by atoms with Crippen LogP contribution in [0.4, 0.5) is 0 Å². The van der Waals surface area contributed by atoms with E-state index in [4.69, 9.17) is 0 Å². The van der Waals surface area contributed by atoms with E-state index in [0.717, 1.165) is 52.6 Å². The van der Waals surface area contributed by atoms with E-state index in [0.29, 0.717) is 12.0 Å². The number of thiophene rings is 1. The Morgan fingerprint density at radius 2 is 1.88 bits per heavy atom. The van der Waals surface area contributed by atoms with Gasteiger partial charge in [-0.25, -0.2) is 0 Å². The van der Waals surface area contributed by atoms with Gasteiger partial charge < -0.3 is 15.0 Å². The lowest BCUT2D eigenvalue weighted by molar-refractivity contribution is 0.0718. The lowest BCUT2D eigenvalue weighted by Crippen LogP contribution is -2.41. The standard InChI is InChI=1S/C26H34N2O2SSi/c1-18(2)27-17-19-7-5-8-21(15-19)20-11-13-28(14-12-20)26(29)24-16-22-23(31-24)9-6-10-25(22)32(3,4)30/h5-10,15-16,18,20,27,30H,11-14,17H2,1-4H3. The molecule has 32 heavy (non-hydrogen) atoms. The highest BCUT2D eigenvalue weighted by molar-refractivity contribution is 7.21. The summed E-state index contributed by atoms with van der Waals surface area (Å²) in [6, 6.07) is 17.4. The van der Waals surface area contributed by atoms with Gasteiger partial charge in [0.15, 0.2) is 0 Å². The molecule has 4 rings (SSSR count). The van der Waals surface area contributed by atoms with Gasteiger partial charge in [-0.2, -0.15) is 0 Å². The van der Waals surface area contributed by atoms with Gasteiger partial charge in [-0.3, -0.25) is 4.79 Å². The third-order valence-electron chi connectivity index (χ3n) is 6.35. The molecule has 2 heterocycles. The van der Waals surface area contributed by atoms with Crippen LogP contribution in [-0.4, -0.2) is 43.1 Å². The molecule has 170 valence electrons. The molecule has 0 atom stereocenters. The maximum Gasteiger partial charge on any atom is 0.263 e. The van der Waals surface area contributed by atoms with Gasteiger partial charge in [0.05, 0.1) is 4.88 Å². The van der Waals surface area contributed by atoms with E-state index in [1.807, 2.05) is 42.3 Å². The SMILES string of the molecule is CC(C)NCc1cccc(C2CCN(C(=O)c3cc4c([Si](C)(C)O)cccc4s3)CC2)c1. The average Bonchev–Trinajstić information content (AvgIpc) is 3.21. The minimum absolute atomic E-state index is 0.128. The quantitative estimate of drug-likeness (QED) is 0.512. The molecular weight excluding hydrogens is 432 g/mol. The van der Waals surface area contributed by atoms with Crippen LogP contribution in [0.2, 0.25) is 13.1 Å². The van der Waals surface area contributed by atoms with Gasteiger partial charge in [0.1, 0.15) is 0 Å². The summed E-state index contributed by atoms with van der Waals surface area (Å²) >= 11 is 1.55. The summed E-state index contributed by atoms with van der Waals surface area (Å²) in [4.78, 5) is 26.7. The molecule has 1 aliphatic heterocycles. The molecule has 1 fully saturated rings. The van der Waals surface area contributed by atoms with Crippen LogP contribution in [0.25, 0.3) is 10.1 Å². The van der Waals surface area contributed by atoms with Gasteiger partial charge in [-0.15, -0.1) is 11.3 Å². The zero-order valence-electron chi connectivity index (χ0n) is 19.5. The number of hydrogen-bond donors (Lipinski definition) is 2. The van der Waals surface area contributed by atoms with E-state index >= 15 is 0 Å². The first-order valence-corrected chi connectivity index (χ1v) is 15.4. The van der Waals surface area contributed by atoms with Crippen LogP contribution >= 0.6 is 11.3 Å². The largest absolute Gasteiger partial charge is 0.428 e. The number of nitrogens with zero attached hydrogens (tertiary/aromatic N) is 1. The maximum absolute atomic E-state index is 13.3. The fourth-order valence-electron chi connectivity index (χ4n) is 4.55. The Morgan fingerprint density at radius 3 is 2.56 bits per heavy atom. The minimum Gasteiger partial charge on any atom is -0.428 e. The van der Waals surface area contributed by atoms with Crippen molar-refractivity contribution in [3.8, 4) is 0 Å². The molecular formula is C26H34N2O2SSi. The molecule has 0 radical (unpaired) electrons. The fraction of sp³-hybridized carbons (Fsp3) is 0.423. The van der Waals surface area contributed by atoms with Crippen LogP contribution in [0.5, 0.6) is 0 Å². The summed E-state index contributed by atoms with van der Waals surface area (Å²) < 4.78 is 1.09. The molecule has 0 spiro atoms. The van der Waals surface area contributed by atoms with Crippen molar-refractivity contribution in [1.29, 1.82) is 0 Å². The molecule has 1 aromatic heterocycles. The molecule has 0 aliphatic carbocycles. The number of carbonyl (C=O) groups excluding carboxylic acids is 1. The normalized spacial score (nSPS) is 15.6. The summed E-state index contributed by atoms with van der Waals surface area (Å²) in [7, 11) is -2.45. The molecule has 3 aromatic rings. The van der Waals surface area contributed by atoms with Crippen LogP contribution in [0, 0.1) is 0 Å². The van der Waals surface area contributed by atoms with E-state index in [-0.39, 0.29) is 5.91 Å². The highest BCUT2D eigenvalue weighted by Gasteiger charge is 2.28. The van der Waals surface area contributed by atoms with Gasteiger partial charge in [-0.1, -0.05) is 50.2 Å². The van der Waals surface area contributed by atoms with Gasteiger partial charge in [0.2, 0.25) is 8.32 Å². The lowest BCUT2D eigenvalue weighted by Gasteiger charge is -2.32. The highest BCUT2D eigenvalue weighted by atomic mass is 32.1. The fourth-order valence-corrected chi connectivity index (χ4v) is 7.07. The van der Waals surface area contributed by atoms with Crippen molar-refractivity contribution in [2.24, 2.45) is 0 Å². The third-order valence-corrected chi connectivity index (χ3v) is 9.19. The molecule has 2 aromatic carbocycles. The van der Waals surface area contributed by atoms with Crippen molar-refractivity contribution in [2.45, 2.75) is 58.3 Å². The second-order valence-corrected chi connectivity index (χ2v) is 14.5. The number of rotatable bonds is 6. The lowest BCUT2D eigenvalue weighted by atomic mass is 9.88. The summed E-state index contributed by atoms with van der Waals surface area (Å²) in [5.41, 5.74) is 2.72. The van der Waals surface area contributed by atoms with Crippen molar-refractivity contribution in [1.82, 2.24) is 10.2 Å². The van der Waals surface area contributed by atoms with Gasteiger partial charge in [-0.05, 0) is 65.7 Å². The number of fused-ring (bicyclic) bond motifs is 1. The Morgan fingerprint density at radius 1 is 1.16 bits per heavy atom. The molecule has 2 N–H and O–H groups in total. The Labute approximate surface area is 196 Å². The first kappa shape index (κ1) is 23.2. The molecule has 6 heteroatoms. The summed E-state index contributed by atoms with van der Waals surface area (Å²) in [5.74, 6) is 0.635. The summed E-state index contributed by atoms with van der Waals surface area (Å²) in [5, 5.41) is 5.54. The first-order valence-electron chi connectivity index (χ1n) is 11.6. The monoisotopic (exact) mass is 466 g/mol. The molecule has 0 bridgehead atoms. The predicted molar refractivity (Wildman–Crippen MR) is 137 cm³/mol. The number of amides is 1. The van der Waals surface area contributed by atoms with Crippen LogP contribution in [0.1, 0.15) is 53.4 Å². The van der Waals surface area contributed by atoms with E-state index in [1.165, 1.54) is 11.1 Å². The maximum atomic E-state index is 13.3. The number of benzene rings is 2. The number of piperidine rings is 1. The molecule has 1 saturated heterocycles. The molecule has 4 nitrogen and oxygen atoms in total. The van der Waals surface area contributed by atoms with E-state index in [1.54, 1.807) is 11.3 Å². The van der Waals surface area contributed by atoms with Crippen LogP contribution in [0.3, 0.4) is 0 Å². The summed E-state index contributed by atoms with van der Waals surface area (Å²) in [6.07, 6.45) is 2.00. The van der Waals surface area contributed by atoms with Gasteiger partial charge >= 0.3 is 0 Å². The van der Waals surface area contributed by atoms with Gasteiger partial charge in [0, 0.05) is 30.4 Å². The smallest absolute Gasteiger partial charge is 0.263 e. The second kappa shape index (κ2) is 9.47. The second-order valence-electron chi connectivity index (χ2n) is 9.73. The molecule has 0 saturated carbocycles. The summed E-state index contributed by atoms with van der Waals surface area (Å²) in [6.45, 7) is 10.7. The van der Waals surface area contributed by atoms with E-state index in [9.17, 15) is 9.59 Å². The third kappa shape index (κ3) is 5.15. The number of hydrogen-bond acceptors (Lipinski definition) is 4. The molecule has 0 unspecified atom stereocenters. The highest BCUT2D eigenvalue weighted by Crippen LogP contribution is 2.31. The number of nitrogens with one attached hydrogen (secondary N) is 1. The zero-order chi connectivity index (χ0) is 22.9.